The number of rotatable bonds is 5. The molecule has 0 aliphatic rings. The number of nitrogens with one attached hydrogen (secondary N) is 1. The predicted octanol–water partition coefficient (Wildman–Crippen LogP) is 3.25. The highest BCUT2D eigenvalue weighted by atomic mass is 16.3. The van der Waals surface area contributed by atoms with Gasteiger partial charge in [0.2, 0.25) is 0 Å². The summed E-state index contributed by atoms with van der Waals surface area (Å²) in [4.78, 5) is 11.9. The zero-order chi connectivity index (χ0) is 13.0. The molecular formula is C14H23NO2. The molecule has 0 saturated heterocycles. The molecule has 17 heavy (non-hydrogen) atoms. The molecule has 3 nitrogen and oxygen atoms in total. The molecule has 1 N–H and O–H groups in total. The molecule has 0 unspecified atom stereocenters. The van der Waals surface area contributed by atoms with E-state index in [0.29, 0.717) is 30.1 Å². The van der Waals surface area contributed by atoms with Gasteiger partial charge in [-0.25, -0.2) is 0 Å². The van der Waals surface area contributed by atoms with Crippen molar-refractivity contribution in [1.82, 2.24) is 5.32 Å². The van der Waals surface area contributed by atoms with Gasteiger partial charge in [0.25, 0.3) is 5.91 Å². The van der Waals surface area contributed by atoms with Crippen LogP contribution in [0.15, 0.2) is 16.7 Å². The summed E-state index contributed by atoms with van der Waals surface area (Å²) in [5.41, 5.74) is 0.883. The highest BCUT2D eigenvalue weighted by Gasteiger charge is 2.20. The van der Waals surface area contributed by atoms with Gasteiger partial charge in [-0.1, -0.05) is 27.7 Å². The van der Waals surface area contributed by atoms with Crippen LogP contribution in [-0.4, -0.2) is 12.5 Å². The van der Waals surface area contributed by atoms with E-state index in [-0.39, 0.29) is 5.91 Å². The third-order valence-electron chi connectivity index (χ3n) is 3.28. The largest absolute Gasteiger partial charge is 0.459 e. The van der Waals surface area contributed by atoms with Gasteiger partial charge in [-0.05, 0) is 30.7 Å². The fourth-order valence-electron chi connectivity index (χ4n) is 2.14. The molecular weight excluding hydrogens is 214 g/mol. The van der Waals surface area contributed by atoms with Crippen LogP contribution in [0.25, 0.3) is 0 Å². The summed E-state index contributed by atoms with van der Waals surface area (Å²) < 4.78 is 5.17. The summed E-state index contributed by atoms with van der Waals surface area (Å²) in [6.07, 6.45) is 1.55. The maximum absolute atomic E-state index is 11.9. The van der Waals surface area contributed by atoms with Gasteiger partial charge in [-0.3, -0.25) is 4.79 Å². The molecule has 0 saturated carbocycles. The predicted molar refractivity (Wildman–Crippen MR) is 68.9 cm³/mol. The molecule has 1 amide bonds. The van der Waals surface area contributed by atoms with Crippen molar-refractivity contribution < 1.29 is 9.21 Å². The molecule has 0 atom stereocenters. The van der Waals surface area contributed by atoms with Crippen LogP contribution in [0.3, 0.4) is 0 Å². The van der Waals surface area contributed by atoms with Crippen molar-refractivity contribution >= 4 is 5.91 Å². The summed E-state index contributed by atoms with van der Waals surface area (Å²) >= 11 is 0. The lowest BCUT2D eigenvalue weighted by Crippen LogP contribution is -2.34. The molecule has 0 aromatic carbocycles. The number of amides is 1. The minimum atomic E-state index is -0.112. The van der Waals surface area contributed by atoms with Crippen molar-refractivity contribution in [3.8, 4) is 0 Å². The van der Waals surface area contributed by atoms with E-state index in [0.717, 1.165) is 5.56 Å². The van der Waals surface area contributed by atoms with E-state index in [1.54, 1.807) is 12.3 Å². The summed E-state index contributed by atoms with van der Waals surface area (Å²) in [7, 11) is 0. The Morgan fingerprint density at radius 2 is 1.88 bits per heavy atom. The molecule has 96 valence electrons. The second kappa shape index (κ2) is 5.89. The smallest absolute Gasteiger partial charge is 0.287 e. The number of carbonyl (C=O) groups excluding carboxylic acids is 1. The van der Waals surface area contributed by atoms with Gasteiger partial charge in [-0.15, -0.1) is 0 Å². The van der Waals surface area contributed by atoms with Crippen molar-refractivity contribution in [2.45, 2.75) is 34.6 Å². The molecule has 0 radical (unpaired) electrons. The van der Waals surface area contributed by atoms with Crippen molar-refractivity contribution in [1.29, 1.82) is 0 Å². The zero-order valence-electron chi connectivity index (χ0n) is 11.4. The van der Waals surface area contributed by atoms with Crippen LogP contribution in [-0.2, 0) is 0 Å². The van der Waals surface area contributed by atoms with Gasteiger partial charge in [0.1, 0.15) is 0 Å². The van der Waals surface area contributed by atoms with E-state index in [1.807, 2.05) is 6.92 Å². The SMILES string of the molecule is Cc1ccoc1C(=O)NCC(C(C)C)C(C)C. The molecule has 1 heterocycles. The summed E-state index contributed by atoms with van der Waals surface area (Å²) in [6, 6.07) is 1.80. The Morgan fingerprint density at radius 3 is 2.29 bits per heavy atom. The van der Waals surface area contributed by atoms with Crippen LogP contribution in [0, 0.1) is 24.7 Å². The fraction of sp³-hybridized carbons (Fsp3) is 0.643. The number of furan rings is 1. The molecule has 0 aliphatic carbocycles. The lowest BCUT2D eigenvalue weighted by molar-refractivity contribution is 0.0908. The first kappa shape index (κ1) is 13.8. The first-order valence-electron chi connectivity index (χ1n) is 6.25. The Morgan fingerprint density at radius 1 is 1.29 bits per heavy atom. The number of hydrogen-bond donors (Lipinski definition) is 1. The molecule has 1 aromatic rings. The van der Waals surface area contributed by atoms with Crippen LogP contribution in [0.2, 0.25) is 0 Å². The molecule has 3 heteroatoms. The molecule has 0 spiro atoms. The Labute approximate surface area is 104 Å². The number of hydrogen-bond acceptors (Lipinski definition) is 2. The molecule has 0 bridgehead atoms. The van der Waals surface area contributed by atoms with Crippen molar-refractivity contribution in [3.63, 3.8) is 0 Å². The number of carbonyl (C=O) groups is 1. The Bertz CT molecular complexity index is 358. The van der Waals surface area contributed by atoms with Gasteiger partial charge in [-0.2, -0.15) is 0 Å². The van der Waals surface area contributed by atoms with Gasteiger partial charge in [0, 0.05) is 12.1 Å². The standard InChI is InChI=1S/C14H23NO2/c1-9(2)12(10(3)4)8-15-14(16)13-11(5)6-7-17-13/h6-7,9-10,12H,8H2,1-5H3,(H,15,16). The van der Waals surface area contributed by atoms with E-state index < -0.39 is 0 Å². The maximum atomic E-state index is 11.9. The highest BCUT2D eigenvalue weighted by Crippen LogP contribution is 2.19. The first-order valence-corrected chi connectivity index (χ1v) is 6.25. The van der Waals surface area contributed by atoms with E-state index in [4.69, 9.17) is 4.42 Å². The molecule has 0 aliphatic heterocycles. The van der Waals surface area contributed by atoms with E-state index in [9.17, 15) is 4.79 Å². The Balaban J connectivity index is 2.56. The van der Waals surface area contributed by atoms with Crippen molar-refractivity contribution in [2.75, 3.05) is 6.54 Å². The third-order valence-corrected chi connectivity index (χ3v) is 3.28. The topological polar surface area (TPSA) is 42.2 Å². The second-order valence-corrected chi connectivity index (χ2v) is 5.29. The third kappa shape index (κ3) is 3.62. The normalized spacial score (nSPS) is 11.5. The summed E-state index contributed by atoms with van der Waals surface area (Å²) in [5.74, 6) is 1.94. The first-order chi connectivity index (χ1) is 7.93. The Kier molecular flexibility index (Phi) is 4.79. The van der Waals surface area contributed by atoms with Crippen LogP contribution in [0.5, 0.6) is 0 Å². The van der Waals surface area contributed by atoms with Crippen LogP contribution >= 0.6 is 0 Å². The minimum absolute atomic E-state index is 0.112. The van der Waals surface area contributed by atoms with Crippen molar-refractivity contribution in [3.05, 3.63) is 23.7 Å². The van der Waals surface area contributed by atoms with Crippen molar-refractivity contribution in [2.24, 2.45) is 17.8 Å². The summed E-state index contributed by atoms with van der Waals surface area (Å²) in [5, 5.41) is 2.96. The van der Waals surface area contributed by atoms with Gasteiger partial charge in [0.05, 0.1) is 6.26 Å². The number of aryl methyl sites for hydroxylation is 1. The minimum Gasteiger partial charge on any atom is -0.459 e. The lowest BCUT2D eigenvalue weighted by atomic mass is 9.85. The van der Waals surface area contributed by atoms with Gasteiger partial charge >= 0.3 is 0 Å². The van der Waals surface area contributed by atoms with Gasteiger partial charge < -0.3 is 9.73 Å². The van der Waals surface area contributed by atoms with Gasteiger partial charge in [0.15, 0.2) is 5.76 Å². The Hall–Kier alpha value is -1.25. The second-order valence-electron chi connectivity index (χ2n) is 5.29. The van der Waals surface area contributed by atoms with Crippen LogP contribution in [0.1, 0.15) is 43.8 Å². The average Bonchev–Trinajstić information content (AvgIpc) is 2.63. The molecule has 0 fully saturated rings. The van der Waals surface area contributed by atoms with E-state index >= 15 is 0 Å². The molecule has 1 rings (SSSR count). The van der Waals surface area contributed by atoms with Crippen LogP contribution in [0.4, 0.5) is 0 Å². The average molecular weight is 237 g/mol. The monoisotopic (exact) mass is 237 g/mol. The molecule has 1 aromatic heterocycles. The highest BCUT2D eigenvalue weighted by molar-refractivity contribution is 5.92. The maximum Gasteiger partial charge on any atom is 0.287 e. The summed E-state index contributed by atoms with van der Waals surface area (Å²) in [6.45, 7) is 11.3. The zero-order valence-corrected chi connectivity index (χ0v) is 11.4. The van der Waals surface area contributed by atoms with Crippen LogP contribution < -0.4 is 5.32 Å². The van der Waals surface area contributed by atoms with E-state index in [1.165, 1.54) is 0 Å². The van der Waals surface area contributed by atoms with E-state index in [2.05, 4.69) is 33.0 Å². The lowest BCUT2D eigenvalue weighted by Gasteiger charge is -2.24. The quantitative estimate of drug-likeness (QED) is 0.854. The fourth-order valence-corrected chi connectivity index (χ4v) is 2.14.